The Bertz CT molecular complexity index is 741. The number of carboxylic acid groups (broad SMARTS) is 1. The number of hydrogen-bond acceptors (Lipinski definition) is 7. The molecule has 0 atom stereocenters. The van der Waals surface area contributed by atoms with Crippen molar-refractivity contribution >= 4 is 23.8 Å². The van der Waals surface area contributed by atoms with Crippen LogP contribution in [0.25, 0.3) is 0 Å². The minimum atomic E-state index is -1.30. The number of esters is 2. The molecule has 1 N–H and O–H groups in total. The molecule has 0 amide bonds. The molecule has 1 aromatic carbocycles. The fourth-order valence-corrected chi connectivity index (χ4v) is 1.66. The van der Waals surface area contributed by atoms with Crippen LogP contribution in [0.2, 0.25) is 0 Å². The number of benzene rings is 1. The van der Waals surface area contributed by atoms with Gasteiger partial charge in [0.25, 0.3) is 0 Å². The van der Waals surface area contributed by atoms with Crippen molar-refractivity contribution in [2.24, 2.45) is 0 Å². The number of rotatable bonds is 8. The van der Waals surface area contributed by atoms with Gasteiger partial charge in [0.15, 0.2) is 11.5 Å². The smallest absolute Gasteiger partial charge is 0.334 e. The number of ether oxygens (including phenoxy) is 3. The van der Waals surface area contributed by atoms with Gasteiger partial charge in [0.1, 0.15) is 12.5 Å². The van der Waals surface area contributed by atoms with E-state index in [4.69, 9.17) is 19.3 Å². The third-order valence-electron chi connectivity index (χ3n) is 2.83. The van der Waals surface area contributed by atoms with E-state index in [0.717, 1.165) is 0 Å². The molecule has 132 valence electrons. The summed E-state index contributed by atoms with van der Waals surface area (Å²) < 4.78 is 14.9. The van der Waals surface area contributed by atoms with Crippen LogP contribution in [0.3, 0.4) is 0 Å². The number of aliphatic carboxylic acids is 1. The number of carbonyl (C=O) groups is 3. The molecule has 0 aliphatic rings. The highest BCUT2D eigenvalue weighted by atomic mass is 16.6. The quantitative estimate of drug-likeness (QED) is 0.324. The summed E-state index contributed by atoms with van der Waals surface area (Å²) in [6.07, 6.45) is 0.221. The molecule has 8 heteroatoms. The highest BCUT2D eigenvalue weighted by Crippen LogP contribution is 2.26. The largest absolute Gasteiger partial charge is 0.493 e. The first kappa shape index (κ1) is 19.7. The SMILES string of the molecule is COc1ccccc1OC(=O)CC(=C=O)COC(=O)/C(C)=C\C(=O)O. The lowest BCUT2D eigenvalue weighted by molar-refractivity contribution is -0.140. The van der Waals surface area contributed by atoms with Gasteiger partial charge in [-0.3, -0.25) is 4.79 Å². The zero-order valence-corrected chi connectivity index (χ0v) is 13.6. The minimum absolute atomic E-state index is 0.156. The second-order valence-electron chi connectivity index (χ2n) is 4.75. The Labute approximate surface area is 143 Å². The molecule has 0 spiro atoms. The highest BCUT2D eigenvalue weighted by molar-refractivity contribution is 5.95. The Morgan fingerprint density at radius 1 is 1.20 bits per heavy atom. The van der Waals surface area contributed by atoms with E-state index in [9.17, 15) is 19.2 Å². The molecule has 1 rings (SSSR count). The predicted octanol–water partition coefficient (Wildman–Crippen LogP) is 1.32. The standard InChI is InChI=1S/C17H16O8/c1-11(7-15(19)20)17(22)24-10-12(9-18)8-16(21)25-14-6-4-3-5-13(14)23-2/h3-7H,8,10H2,1-2H3,(H,19,20)/b11-7-. The van der Waals surface area contributed by atoms with Crippen molar-refractivity contribution in [2.75, 3.05) is 13.7 Å². The summed E-state index contributed by atoms with van der Waals surface area (Å²) in [5.74, 6) is -0.971. The summed E-state index contributed by atoms with van der Waals surface area (Å²) in [6, 6.07) is 6.44. The second-order valence-corrected chi connectivity index (χ2v) is 4.75. The molecule has 0 fully saturated rings. The Morgan fingerprint density at radius 3 is 2.40 bits per heavy atom. The first-order valence-electron chi connectivity index (χ1n) is 7.02. The molecule has 0 aliphatic carbocycles. The van der Waals surface area contributed by atoms with Crippen LogP contribution in [0, 0.1) is 0 Å². The fourth-order valence-electron chi connectivity index (χ4n) is 1.66. The molecule has 0 heterocycles. The summed E-state index contributed by atoms with van der Waals surface area (Å²) in [7, 11) is 1.41. The maximum Gasteiger partial charge on any atom is 0.334 e. The molecule has 0 saturated heterocycles. The Morgan fingerprint density at radius 2 is 1.84 bits per heavy atom. The predicted molar refractivity (Wildman–Crippen MR) is 84.8 cm³/mol. The van der Waals surface area contributed by atoms with Gasteiger partial charge < -0.3 is 19.3 Å². The lowest BCUT2D eigenvalue weighted by atomic mass is 10.2. The van der Waals surface area contributed by atoms with Gasteiger partial charge in [-0.2, -0.15) is 0 Å². The number of methoxy groups -OCH3 is 1. The summed E-state index contributed by atoms with van der Waals surface area (Å²) in [6.45, 7) is 0.741. The average Bonchev–Trinajstić information content (AvgIpc) is 2.58. The minimum Gasteiger partial charge on any atom is -0.493 e. The number of carboxylic acids is 1. The maximum atomic E-state index is 11.9. The van der Waals surface area contributed by atoms with E-state index in [2.05, 4.69) is 0 Å². The van der Waals surface area contributed by atoms with Crippen LogP contribution in [0.15, 0.2) is 41.5 Å². The highest BCUT2D eigenvalue weighted by Gasteiger charge is 2.15. The van der Waals surface area contributed by atoms with E-state index in [0.29, 0.717) is 11.8 Å². The van der Waals surface area contributed by atoms with Crippen LogP contribution in [0.1, 0.15) is 13.3 Å². The maximum absolute atomic E-state index is 11.9. The number of carbonyl (C=O) groups excluding carboxylic acids is 3. The number of para-hydroxylation sites is 2. The van der Waals surface area contributed by atoms with E-state index in [-0.39, 0.29) is 16.9 Å². The lowest BCUT2D eigenvalue weighted by Gasteiger charge is -2.09. The van der Waals surface area contributed by atoms with Gasteiger partial charge in [-0.05, 0) is 19.1 Å². The van der Waals surface area contributed by atoms with Crippen molar-refractivity contribution in [2.45, 2.75) is 13.3 Å². The molecule has 0 bridgehead atoms. The summed E-state index contributed by atoms with van der Waals surface area (Å²) in [5.41, 5.74) is -0.314. The topological polar surface area (TPSA) is 116 Å². The Balaban J connectivity index is 2.62. The van der Waals surface area contributed by atoms with Crippen LogP contribution < -0.4 is 9.47 Å². The van der Waals surface area contributed by atoms with Crippen LogP contribution in [-0.2, 0) is 23.9 Å². The summed E-state index contributed by atoms with van der Waals surface area (Å²) in [5, 5.41) is 8.54. The second kappa shape index (κ2) is 9.69. The van der Waals surface area contributed by atoms with Crippen LogP contribution in [0.5, 0.6) is 11.5 Å². The van der Waals surface area contributed by atoms with E-state index in [1.54, 1.807) is 18.2 Å². The molecule has 0 radical (unpaired) electrons. The zero-order chi connectivity index (χ0) is 18.8. The summed E-state index contributed by atoms with van der Waals surface area (Å²) in [4.78, 5) is 44.7. The molecule has 1 aromatic rings. The molecule has 0 aliphatic heterocycles. The average molecular weight is 348 g/mol. The molecule has 0 saturated carbocycles. The summed E-state index contributed by atoms with van der Waals surface area (Å²) >= 11 is 0. The van der Waals surface area contributed by atoms with Gasteiger partial charge in [0, 0.05) is 11.6 Å². The van der Waals surface area contributed by atoms with Crippen molar-refractivity contribution in [3.8, 4) is 11.5 Å². The van der Waals surface area contributed by atoms with E-state index in [1.807, 2.05) is 0 Å². The van der Waals surface area contributed by atoms with Crippen LogP contribution in [-0.4, -0.2) is 42.7 Å². The monoisotopic (exact) mass is 348 g/mol. The molecule has 8 nitrogen and oxygen atoms in total. The molecule has 0 aromatic heterocycles. The lowest BCUT2D eigenvalue weighted by Crippen LogP contribution is -2.15. The first-order valence-corrected chi connectivity index (χ1v) is 7.02. The first-order chi connectivity index (χ1) is 11.9. The van der Waals surface area contributed by atoms with Crippen molar-refractivity contribution in [1.29, 1.82) is 0 Å². The van der Waals surface area contributed by atoms with Gasteiger partial charge in [-0.15, -0.1) is 0 Å². The van der Waals surface area contributed by atoms with Gasteiger partial charge >= 0.3 is 17.9 Å². The molecule has 25 heavy (non-hydrogen) atoms. The van der Waals surface area contributed by atoms with Crippen molar-refractivity contribution in [3.63, 3.8) is 0 Å². The third-order valence-corrected chi connectivity index (χ3v) is 2.83. The van der Waals surface area contributed by atoms with Crippen molar-refractivity contribution in [1.82, 2.24) is 0 Å². The molecular formula is C17H16O8. The van der Waals surface area contributed by atoms with Crippen LogP contribution in [0.4, 0.5) is 0 Å². The zero-order valence-electron chi connectivity index (χ0n) is 13.6. The third kappa shape index (κ3) is 6.72. The van der Waals surface area contributed by atoms with Crippen molar-refractivity contribution in [3.05, 3.63) is 41.5 Å². The fraction of sp³-hybridized carbons (Fsp3) is 0.235. The Hall–Kier alpha value is -3.38. The van der Waals surface area contributed by atoms with Gasteiger partial charge in [-0.25, -0.2) is 14.4 Å². The van der Waals surface area contributed by atoms with Gasteiger partial charge in [0.05, 0.1) is 19.1 Å². The van der Waals surface area contributed by atoms with E-state index < -0.39 is 30.9 Å². The van der Waals surface area contributed by atoms with Gasteiger partial charge in [-0.1, -0.05) is 12.1 Å². The van der Waals surface area contributed by atoms with E-state index >= 15 is 0 Å². The normalized spacial score (nSPS) is 10.4. The van der Waals surface area contributed by atoms with Crippen molar-refractivity contribution < 1.29 is 38.5 Å². The number of hydrogen-bond donors (Lipinski definition) is 1. The Kier molecular flexibility index (Phi) is 7.62. The molecular weight excluding hydrogens is 332 g/mol. The van der Waals surface area contributed by atoms with E-state index in [1.165, 1.54) is 26.0 Å². The van der Waals surface area contributed by atoms with Crippen LogP contribution >= 0.6 is 0 Å². The van der Waals surface area contributed by atoms with Gasteiger partial charge in [0.2, 0.25) is 0 Å². The molecule has 0 unspecified atom stereocenters.